The van der Waals surface area contributed by atoms with Crippen molar-refractivity contribution < 1.29 is 9.53 Å². The van der Waals surface area contributed by atoms with E-state index in [9.17, 15) is 4.79 Å². The Kier molecular flexibility index (Phi) is 6.27. The van der Waals surface area contributed by atoms with Gasteiger partial charge >= 0.3 is 5.97 Å². The molecule has 4 heteroatoms. The Bertz CT molecular complexity index is 1070. The number of fused-ring (bicyclic) bond motifs is 1. The number of ether oxygens (including phenoxy) is 1. The summed E-state index contributed by atoms with van der Waals surface area (Å²) in [6, 6.07) is 30.3. The second-order valence-corrected chi connectivity index (χ2v) is 8.93. The fourth-order valence-electron chi connectivity index (χ4n) is 5.44. The number of esters is 1. The first-order chi connectivity index (χ1) is 16.2. The summed E-state index contributed by atoms with van der Waals surface area (Å²) in [5.41, 5.74) is 4.36. The number of rotatable bonds is 6. The van der Waals surface area contributed by atoms with Crippen molar-refractivity contribution in [3.63, 3.8) is 0 Å². The van der Waals surface area contributed by atoms with Crippen LogP contribution in [0.1, 0.15) is 39.4 Å². The Labute approximate surface area is 196 Å². The van der Waals surface area contributed by atoms with Crippen LogP contribution >= 0.6 is 0 Å². The molecule has 0 N–H and O–H groups in total. The number of hydrogen-bond donors (Lipinski definition) is 0. The fraction of sp³-hybridized carbons (Fsp3) is 0.276. The lowest BCUT2D eigenvalue weighted by molar-refractivity contribution is 0.0550. The van der Waals surface area contributed by atoms with Gasteiger partial charge in [0.05, 0.1) is 18.7 Å². The largest absolute Gasteiger partial charge is 0.465 e. The van der Waals surface area contributed by atoms with Crippen LogP contribution in [0.25, 0.3) is 0 Å². The number of carbonyl (C=O) groups excluding carboxylic acids is 1. The van der Waals surface area contributed by atoms with E-state index in [2.05, 4.69) is 82.7 Å². The summed E-state index contributed by atoms with van der Waals surface area (Å²) < 4.78 is 5.03. The first-order valence-electron chi connectivity index (χ1n) is 11.7. The lowest BCUT2D eigenvalue weighted by Gasteiger charge is -2.47. The van der Waals surface area contributed by atoms with E-state index in [1.807, 2.05) is 24.3 Å². The molecule has 0 bridgehead atoms. The van der Waals surface area contributed by atoms with Crippen molar-refractivity contribution in [2.45, 2.75) is 31.0 Å². The van der Waals surface area contributed by atoms with E-state index < -0.39 is 0 Å². The van der Waals surface area contributed by atoms with E-state index >= 15 is 0 Å². The Morgan fingerprint density at radius 1 is 0.909 bits per heavy atom. The van der Waals surface area contributed by atoms with Gasteiger partial charge < -0.3 is 9.64 Å². The Balaban J connectivity index is 1.49. The summed E-state index contributed by atoms with van der Waals surface area (Å²) in [6.45, 7) is 2.64. The average molecular weight is 439 g/mol. The fourth-order valence-corrected chi connectivity index (χ4v) is 5.44. The van der Waals surface area contributed by atoms with Crippen LogP contribution in [0.2, 0.25) is 0 Å². The molecule has 1 fully saturated rings. The van der Waals surface area contributed by atoms with Crippen LogP contribution in [-0.4, -0.2) is 48.1 Å². The predicted octanol–water partition coefficient (Wildman–Crippen LogP) is 5.08. The molecule has 3 aromatic carbocycles. The van der Waals surface area contributed by atoms with Crippen LogP contribution in [0.3, 0.4) is 0 Å². The maximum Gasteiger partial charge on any atom is 0.338 e. The highest BCUT2D eigenvalue weighted by Crippen LogP contribution is 2.37. The molecular weight excluding hydrogens is 408 g/mol. The highest BCUT2D eigenvalue weighted by atomic mass is 16.5. The Hall–Kier alpha value is -3.37. The van der Waals surface area contributed by atoms with Crippen LogP contribution in [0.4, 0.5) is 0 Å². The SMILES string of the molecule is COC(=O)c1ccccc1CN1C[C@@H]2CC=CN2[C@H](C(c2ccccc2)c2ccccc2)C1. The topological polar surface area (TPSA) is 32.8 Å². The van der Waals surface area contributed by atoms with E-state index in [0.29, 0.717) is 17.6 Å². The summed E-state index contributed by atoms with van der Waals surface area (Å²) in [4.78, 5) is 17.4. The van der Waals surface area contributed by atoms with Gasteiger partial charge in [0.1, 0.15) is 0 Å². The average Bonchev–Trinajstić information content (AvgIpc) is 3.34. The smallest absolute Gasteiger partial charge is 0.338 e. The van der Waals surface area contributed by atoms with Gasteiger partial charge in [-0.2, -0.15) is 0 Å². The number of piperazine rings is 1. The number of carbonyl (C=O) groups is 1. The number of nitrogens with zero attached hydrogens (tertiary/aromatic N) is 2. The van der Waals surface area contributed by atoms with Gasteiger partial charge in [0.2, 0.25) is 0 Å². The molecule has 2 atom stereocenters. The quantitative estimate of drug-likeness (QED) is 0.503. The Morgan fingerprint density at radius 3 is 2.21 bits per heavy atom. The van der Waals surface area contributed by atoms with E-state index in [1.165, 1.54) is 18.2 Å². The molecular formula is C29H30N2O2. The molecule has 2 heterocycles. The van der Waals surface area contributed by atoms with Crippen molar-refractivity contribution in [3.8, 4) is 0 Å². The third-order valence-electron chi connectivity index (χ3n) is 6.92. The zero-order valence-corrected chi connectivity index (χ0v) is 19.0. The Morgan fingerprint density at radius 2 is 1.55 bits per heavy atom. The maximum atomic E-state index is 12.3. The van der Waals surface area contributed by atoms with Crippen LogP contribution in [-0.2, 0) is 11.3 Å². The van der Waals surface area contributed by atoms with Crippen LogP contribution in [0, 0.1) is 0 Å². The van der Waals surface area contributed by atoms with E-state index in [-0.39, 0.29) is 11.9 Å². The second kappa shape index (κ2) is 9.63. The van der Waals surface area contributed by atoms with Crippen LogP contribution < -0.4 is 0 Å². The van der Waals surface area contributed by atoms with Crippen molar-refractivity contribution in [1.29, 1.82) is 0 Å². The third kappa shape index (κ3) is 4.44. The molecule has 0 radical (unpaired) electrons. The molecule has 0 saturated carbocycles. The number of hydrogen-bond acceptors (Lipinski definition) is 4. The molecule has 0 spiro atoms. The first kappa shape index (κ1) is 21.5. The molecule has 0 aromatic heterocycles. The molecule has 168 valence electrons. The molecule has 2 aliphatic heterocycles. The van der Waals surface area contributed by atoms with Crippen molar-refractivity contribution in [2.75, 3.05) is 20.2 Å². The minimum atomic E-state index is -0.269. The van der Waals surface area contributed by atoms with E-state index in [0.717, 1.165) is 31.6 Å². The van der Waals surface area contributed by atoms with Crippen molar-refractivity contribution >= 4 is 5.97 Å². The number of methoxy groups -OCH3 is 1. The molecule has 0 aliphatic carbocycles. The van der Waals surface area contributed by atoms with E-state index in [1.54, 1.807) is 0 Å². The molecule has 5 rings (SSSR count). The van der Waals surface area contributed by atoms with E-state index in [4.69, 9.17) is 4.74 Å². The normalized spacial score (nSPS) is 20.1. The van der Waals surface area contributed by atoms with Gasteiger partial charge in [-0.3, -0.25) is 4.90 Å². The van der Waals surface area contributed by atoms with Gasteiger partial charge in [-0.15, -0.1) is 0 Å². The summed E-state index contributed by atoms with van der Waals surface area (Å²) in [7, 11) is 1.45. The van der Waals surface area contributed by atoms with Gasteiger partial charge in [0.15, 0.2) is 0 Å². The van der Waals surface area contributed by atoms with Gasteiger partial charge in [-0.1, -0.05) is 84.9 Å². The number of benzene rings is 3. The monoisotopic (exact) mass is 438 g/mol. The molecule has 3 aromatic rings. The molecule has 4 nitrogen and oxygen atoms in total. The predicted molar refractivity (Wildman–Crippen MR) is 131 cm³/mol. The zero-order valence-electron chi connectivity index (χ0n) is 19.0. The highest BCUT2D eigenvalue weighted by molar-refractivity contribution is 5.90. The highest BCUT2D eigenvalue weighted by Gasteiger charge is 2.39. The van der Waals surface area contributed by atoms with Crippen molar-refractivity contribution in [1.82, 2.24) is 9.80 Å². The molecule has 2 aliphatic rings. The standard InChI is InChI=1S/C29H30N2O2/c1-33-29(32)26-17-9-8-15-24(26)19-30-20-25-16-10-18-31(25)27(21-30)28(22-11-4-2-5-12-22)23-13-6-3-7-14-23/h2-15,17-18,25,27-28H,16,19-21H2,1H3/t25-,27-/m0/s1. The van der Waals surface area contributed by atoms with Crippen LogP contribution in [0.15, 0.2) is 97.2 Å². The second-order valence-electron chi connectivity index (χ2n) is 8.93. The molecule has 33 heavy (non-hydrogen) atoms. The zero-order chi connectivity index (χ0) is 22.6. The van der Waals surface area contributed by atoms with Crippen LogP contribution in [0.5, 0.6) is 0 Å². The molecule has 0 unspecified atom stereocenters. The minimum absolute atomic E-state index is 0.260. The molecule has 0 amide bonds. The molecule has 1 saturated heterocycles. The summed E-state index contributed by atoms with van der Waals surface area (Å²) in [6.07, 6.45) is 5.66. The van der Waals surface area contributed by atoms with Gasteiger partial charge in [0, 0.05) is 31.6 Å². The van der Waals surface area contributed by atoms with Crippen molar-refractivity contribution in [2.24, 2.45) is 0 Å². The van der Waals surface area contributed by atoms with Crippen molar-refractivity contribution in [3.05, 3.63) is 119 Å². The van der Waals surface area contributed by atoms with Gasteiger partial charge in [0.25, 0.3) is 0 Å². The summed E-state index contributed by atoms with van der Waals surface area (Å²) in [5.74, 6) is -0.00827. The first-order valence-corrected chi connectivity index (χ1v) is 11.7. The maximum absolute atomic E-state index is 12.3. The summed E-state index contributed by atoms with van der Waals surface area (Å²) >= 11 is 0. The third-order valence-corrected chi connectivity index (χ3v) is 6.92. The minimum Gasteiger partial charge on any atom is -0.465 e. The van der Waals surface area contributed by atoms with Gasteiger partial charge in [-0.05, 0) is 35.4 Å². The summed E-state index contributed by atoms with van der Waals surface area (Å²) in [5, 5.41) is 0. The van der Waals surface area contributed by atoms with Gasteiger partial charge in [-0.25, -0.2) is 4.79 Å². The lowest BCUT2D eigenvalue weighted by atomic mass is 9.82. The lowest BCUT2D eigenvalue weighted by Crippen LogP contribution is -2.56.